The summed E-state index contributed by atoms with van der Waals surface area (Å²) in [6, 6.07) is 7.60. The highest BCUT2D eigenvalue weighted by Crippen LogP contribution is 2.21. The SMILES string of the molecule is CC(C)COc1cccc(NC(=O)[C@@H]2CNC[C@H]2C)c1. The van der Waals surface area contributed by atoms with Crippen LogP contribution in [-0.4, -0.2) is 25.6 Å². The van der Waals surface area contributed by atoms with Gasteiger partial charge in [-0.1, -0.05) is 26.8 Å². The molecule has 0 radical (unpaired) electrons. The Hall–Kier alpha value is -1.55. The molecule has 2 atom stereocenters. The average Bonchev–Trinajstić information content (AvgIpc) is 2.83. The number of rotatable bonds is 5. The summed E-state index contributed by atoms with van der Waals surface area (Å²) in [4.78, 5) is 12.2. The minimum atomic E-state index is 0.0511. The molecule has 1 aromatic rings. The third-order valence-electron chi connectivity index (χ3n) is 3.54. The van der Waals surface area contributed by atoms with Crippen LogP contribution in [0.1, 0.15) is 20.8 Å². The topological polar surface area (TPSA) is 50.4 Å². The van der Waals surface area contributed by atoms with Crippen LogP contribution < -0.4 is 15.4 Å². The molecule has 2 rings (SSSR count). The third kappa shape index (κ3) is 3.97. The van der Waals surface area contributed by atoms with Crippen molar-refractivity contribution >= 4 is 11.6 Å². The van der Waals surface area contributed by atoms with Gasteiger partial charge in [0.05, 0.1) is 12.5 Å². The van der Waals surface area contributed by atoms with Gasteiger partial charge >= 0.3 is 0 Å². The number of ether oxygens (including phenoxy) is 1. The smallest absolute Gasteiger partial charge is 0.229 e. The van der Waals surface area contributed by atoms with E-state index < -0.39 is 0 Å². The molecule has 1 amide bonds. The summed E-state index contributed by atoms with van der Waals surface area (Å²) in [5.41, 5.74) is 0.801. The van der Waals surface area contributed by atoms with Crippen molar-refractivity contribution in [2.24, 2.45) is 17.8 Å². The Labute approximate surface area is 120 Å². The van der Waals surface area contributed by atoms with E-state index in [1.807, 2.05) is 24.3 Å². The lowest BCUT2D eigenvalue weighted by Crippen LogP contribution is -2.27. The second-order valence-corrected chi connectivity index (χ2v) is 5.96. The maximum Gasteiger partial charge on any atom is 0.229 e. The van der Waals surface area contributed by atoms with E-state index in [2.05, 4.69) is 31.4 Å². The molecule has 0 saturated carbocycles. The van der Waals surface area contributed by atoms with Crippen molar-refractivity contribution in [1.29, 1.82) is 0 Å². The normalized spacial score (nSPS) is 22.0. The molecule has 4 nitrogen and oxygen atoms in total. The van der Waals surface area contributed by atoms with Gasteiger partial charge in [-0.2, -0.15) is 0 Å². The van der Waals surface area contributed by atoms with Crippen molar-refractivity contribution in [3.05, 3.63) is 24.3 Å². The van der Waals surface area contributed by atoms with Crippen molar-refractivity contribution in [1.82, 2.24) is 5.32 Å². The zero-order valence-corrected chi connectivity index (χ0v) is 12.5. The van der Waals surface area contributed by atoms with E-state index in [0.717, 1.165) is 24.5 Å². The summed E-state index contributed by atoms with van der Waals surface area (Å²) in [7, 11) is 0. The Bertz CT molecular complexity index is 460. The van der Waals surface area contributed by atoms with Crippen molar-refractivity contribution in [3.63, 3.8) is 0 Å². The molecule has 1 saturated heterocycles. The number of amides is 1. The highest BCUT2D eigenvalue weighted by Gasteiger charge is 2.29. The fourth-order valence-corrected chi connectivity index (χ4v) is 2.32. The summed E-state index contributed by atoms with van der Waals surface area (Å²) in [6.07, 6.45) is 0. The van der Waals surface area contributed by atoms with Gasteiger partial charge in [-0.3, -0.25) is 4.79 Å². The summed E-state index contributed by atoms with van der Waals surface area (Å²) in [5.74, 6) is 1.81. The Morgan fingerprint density at radius 2 is 2.25 bits per heavy atom. The molecule has 1 heterocycles. The van der Waals surface area contributed by atoms with Crippen LogP contribution in [0, 0.1) is 17.8 Å². The first-order valence-corrected chi connectivity index (χ1v) is 7.30. The van der Waals surface area contributed by atoms with Gasteiger partial charge in [0.15, 0.2) is 0 Å². The highest BCUT2D eigenvalue weighted by atomic mass is 16.5. The van der Waals surface area contributed by atoms with Gasteiger partial charge in [0.2, 0.25) is 5.91 Å². The molecule has 0 aromatic heterocycles. The Balaban J connectivity index is 1.95. The molecular weight excluding hydrogens is 252 g/mol. The molecule has 0 bridgehead atoms. The van der Waals surface area contributed by atoms with Crippen LogP contribution in [0.3, 0.4) is 0 Å². The molecule has 2 N–H and O–H groups in total. The first kappa shape index (κ1) is 14.9. The Morgan fingerprint density at radius 3 is 2.90 bits per heavy atom. The molecule has 1 aliphatic rings. The number of hydrogen-bond donors (Lipinski definition) is 2. The van der Waals surface area contributed by atoms with Crippen molar-refractivity contribution in [2.75, 3.05) is 25.0 Å². The largest absolute Gasteiger partial charge is 0.493 e. The van der Waals surface area contributed by atoms with E-state index in [-0.39, 0.29) is 11.8 Å². The zero-order valence-electron chi connectivity index (χ0n) is 12.5. The number of carbonyl (C=O) groups excluding carboxylic acids is 1. The van der Waals surface area contributed by atoms with E-state index >= 15 is 0 Å². The van der Waals surface area contributed by atoms with Gasteiger partial charge in [-0.15, -0.1) is 0 Å². The fourth-order valence-electron chi connectivity index (χ4n) is 2.32. The lowest BCUT2D eigenvalue weighted by molar-refractivity contribution is -0.120. The lowest BCUT2D eigenvalue weighted by atomic mass is 9.97. The number of hydrogen-bond acceptors (Lipinski definition) is 3. The van der Waals surface area contributed by atoms with Crippen LogP contribution in [0.2, 0.25) is 0 Å². The van der Waals surface area contributed by atoms with Gasteiger partial charge in [-0.05, 0) is 30.5 Å². The standard InChI is InChI=1S/C16H24N2O2/c1-11(2)10-20-14-6-4-5-13(7-14)18-16(19)15-9-17-8-12(15)3/h4-7,11-12,15,17H,8-10H2,1-3H3,(H,18,19)/t12-,15-/m1/s1. The molecule has 1 fully saturated rings. The summed E-state index contributed by atoms with van der Waals surface area (Å²) >= 11 is 0. The molecule has 0 unspecified atom stereocenters. The van der Waals surface area contributed by atoms with Gasteiger partial charge in [0.25, 0.3) is 0 Å². The fraction of sp³-hybridized carbons (Fsp3) is 0.562. The predicted octanol–water partition coefficient (Wildman–Crippen LogP) is 2.52. The second kappa shape index (κ2) is 6.75. The number of nitrogens with one attached hydrogen (secondary N) is 2. The van der Waals surface area contributed by atoms with Gasteiger partial charge < -0.3 is 15.4 Å². The van der Waals surface area contributed by atoms with Gasteiger partial charge in [0.1, 0.15) is 5.75 Å². The predicted molar refractivity (Wildman–Crippen MR) is 80.9 cm³/mol. The van der Waals surface area contributed by atoms with Crippen LogP contribution >= 0.6 is 0 Å². The quantitative estimate of drug-likeness (QED) is 0.869. The van der Waals surface area contributed by atoms with Crippen molar-refractivity contribution in [2.45, 2.75) is 20.8 Å². The van der Waals surface area contributed by atoms with Crippen molar-refractivity contribution < 1.29 is 9.53 Å². The Kier molecular flexibility index (Phi) is 5.01. The van der Waals surface area contributed by atoms with Gasteiger partial charge in [-0.25, -0.2) is 0 Å². The summed E-state index contributed by atoms with van der Waals surface area (Å²) in [6.45, 7) is 8.68. The van der Waals surface area contributed by atoms with Crippen LogP contribution in [0.25, 0.3) is 0 Å². The summed E-state index contributed by atoms with van der Waals surface area (Å²) in [5, 5.41) is 6.23. The number of benzene rings is 1. The lowest BCUT2D eigenvalue weighted by Gasteiger charge is -2.15. The molecule has 110 valence electrons. The highest BCUT2D eigenvalue weighted by molar-refractivity contribution is 5.93. The van der Waals surface area contributed by atoms with E-state index in [1.165, 1.54) is 0 Å². The maximum atomic E-state index is 12.2. The van der Waals surface area contributed by atoms with E-state index in [1.54, 1.807) is 0 Å². The molecular formula is C16H24N2O2. The molecule has 1 aromatic carbocycles. The molecule has 0 spiro atoms. The second-order valence-electron chi connectivity index (χ2n) is 5.96. The first-order valence-electron chi connectivity index (χ1n) is 7.30. The first-order chi connectivity index (χ1) is 9.56. The van der Waals surface area contributed by atoms with Crippen LogP contribution in [-0.2, 0) is 4.79 Å². The average molecular weight is 276 g/mol. The monoisotopic (exact) mass is 276 g/mol. The Morgan fingerprint density at radius 1 is 1.45 bits per heavy atom. The minimum absolute atomic E-state index is 0.0511. The zero-order chi connectivity index (χ0) is 14.5. The molecule has 20 heavy (non-hydrogen) atoms. The van der Waals surface area contributed by atoms with E-state index in [4.69, 9.17) is 4.74 Å². The summed E-state index contributed by atoms with van der Waals surface area (Å²) < 4.78 is 5.67. The van der Waals surface area contributed by atoms with E-state index in [0.29, 0.717) is 18.4 Å². The number of anilines is 1. The number of carbonyl (C=O) groups is 1. The minimum Gasteiger partial charge on any atom is -0.493 e. The molecule has 0 aliphatic carbocycles. The van der Waals surface area contributed by atoms with Crippen LogP contribution in [0.15, 0.2) is 24.3 Å². The third-order valence-corrected chi connectivity index (χ3v) is 3.54. The van der Waals surface area contributed by atoms with E-state index in [9.17, 15) is 4.79 Å². The molecule has 4 heteroatoms. The van der Waals surface area contributed by atoms with Crippen LogP contribution in [0.5, 0.6) is 5.75 Å². The maximum absolute atomic E-state index is 12.2. The van der Waals surface area contributed by atoms with Gasteiger partial charge in [0, 0.05) is 18.3 Å². The van der Waals surface area contributed by atoms with Crippen molar-refractivity contribution in [3.8, 4) is 5.75 Å². The van der Waals surface area contributed by atoms with Crippen LogP contribution in [0.4, 0.5) is 5.69 Å². The molecule has 1 aliphatic heterocycles.